The van der Waals surface area contributed by atoms with Crippen LogP contribution in [0.1, 0.15) is 18.5 Å². The summed E-state index contributed by atoms with van der Waals surface area (Å²) in [5.41, 5.74) is -0.0500. The molecule has 4 rings (SSSR count). The van der Waals surface area contributed by atoms with Crippen LogP contribution in [0.4, 0.5) is 0 Å². The number of aryl methyl sites for hydroxylation is 1. The molecule has 0 aliphatic carbocycles. The van der Waals surface area contributed by atoms with Gasteiger partial charge in [-0.1, -0.05) is 0 Å². The zero-order valence-electron chi connectivity index (χ0n) is 16.0. The first-order valence-electron chi connectivity index (χ1n) is 9.70. The van der Waals surface area contributed by atoms with Gasteiger partial charge < -0.3 is 23.8 Å². The average molecular weight is 387 g/mol. The molecule has 1 amide bonds. The molecule has 0 spiro atoms. The van der Waals surface area contributed by atoms with Crippen molar-refractivity contribution < 1.29 is 23.7 Å². The summed E-state index contributed by atoms with van der Waals surface area (Å²) in [7, 11) is 0. The molecule has 3 saturated heterocycles. The summed E-state index contributed by atoms with van der Waals surface area (Å²) in [6.45, 7) is 4.45. The zero-order chi connectivity index (χ0) is 19.6. The third-order valence-corrected chi connectivity index (χ3v) is 5.65. The lowest BCUT2D eigenvalue weighted by Crippen LogP contribution is -2.46. The molecule has 0 radical (unpaired) electrons. The number of aromatic nitrogens is 1. The summed E-state index contributed by atoms with van der Waals surface area (Å²) in [4.78, 5) is 19.0. The van der Waals surface area contributed by atoms with Gasteiger partial charge in [-0.3, -0.25) is 9.78 Å². The van der Waals surface area contributed by atoms with Crippen LogP contribution >= 0.6 is 0 Å². The number of pyridine rings is 1. The lowest BCUT2D eigenvalue weighted by Gasteiger charge is -2.33. The monoisotopic (exact) mass is 387 g/mol. The van der Waals surface area contributed by atoms with Gasteiger partial charge in [0, 0.05) is 32.0 Å². The molecule has 0 N–H and O–H groups in total. The number of fused-ring (bicyclic) bond motifs is 1. The van der Waals surface area contributed by atoms with Gasteiger partial charge in [0.05, 0.1) is 25.5 Å². The van der Waals surface area contributed by atoms with Crippen molar-refractivity contribution in [1.29, 1.82) is 5.26 Å². The summed E-state index contributed by atoms with van der Waals surface area (Å²) < 4.78 is 23.2. The average Bonchev–Trinajstić information content (AvgIpc) is 3.05. The maximum absolute atomic E-state index is 13.0. The van der Waals surface area contributed by atoms with Crippen molar-refractivity contribution in [3.8, 4) is 11.8 Å². The molecule has 1 aromatic rings. The van der Waals surface area contributed by atoms with Gasteiger partial charge in [0.25, 0.3) is 0 Å². The molecule has 0 bridgehead atoms. The predicted molar refractivity (Wildman–Crippen MR) is 97.5 cm³/mol. The van der Waals surface area contributed by atoms with Crippen LogP contribution < -0.4 is 4.74 Å². The molecule has 4 heterocycles. The molecule has 0 aromatic carbocycles. The van der Waals surface area contributed by atoms with Crippen LogP contribution in [0.5, 0.6) is 5.75 Å². The van der Waals surface area contributed by atoms with Gasteiger partial charge in [0.2, 0.25) is 5.91 Å². The molecule has 28 heavy (non-hydrogen) atoms. The number of ether oxygens (including phenoxy) is 4. The number of nitriles is 1. The van der Waals surface area contributed by atoms with Gasteiger partial charge in [0.15, 0.2) is 0 Å². The topological polar surface area (TPSA) is 93.9 Å². The Labute approximate surface area is 164 Å². The van der Waals surface area contributed by atoms with Crippen LogP contribution in [0.15, 0.2) is 18.3 Å². The van der Waals surface area contributed by atoms with Crippen LogP contribution in [0, 0.1) is 23.7 Å². The van der Waals surface area contributed by atoms with Crippen molar-refractivity contribution in [2.24, 2.45) is 5.41 Å². The molecule has 8 nitrogen and oxygen atoms in total. The van der Waals surface area contributed by atoms with Crippen LogP contribution in [-0.2, 0) is 19.0 Å². The largest absolute Gasteiger partial charge is 0.484 e. The van der Waals surface area contributed by atoms with Crippen molar-refractivity contribution in [1.82, 2.24) is 9.88 Å². The number of carbonyl (C=O) groups excluding carboxylic acids is 1. The summed E-state index contributed by atoms with van der Waals surface area (Å²) in [6.07, 6.45) is 1.94. The van der Waals surface area contributed by atoms with E-state index in [-0.39, 0.29) is 24.2 Å². The Morgan fingerprint density at radius 3 is 2.50 bits per heavy atom. The van der Waals surface area contributed by atoms with Crippen molar-refractivity contribution in [3.05, 3.63) is 24.0 Å². The molecule has 1 aromatic heterocycles. The van der Waals surface area contributed by atoms with Crippen molar-refractivity contribution >= 4 is 5.91 Å². The summed E-state index contributed by atoms with van der Waals surface area (Å²) in [5.74, 6) is 0.555. The second-order valence-corrected chi connectivity index (χ2v) is 7.64. The fraction of sp³-hybridized carbons (Fsp3) is 0.650. The van der Waals surface area contributed by atoms with Crippen LogP contribution in [0.25, 0.3) is 0 Å². The van der Waals surface area contributed by atoms with Gasteiger partial charge >= 0.3 is 0 Å². The van der Waals surface area contributed by atoms with E-state index in [2.05, 4.69) is 11.1 Å². The molecule has 3 fully saturated rings. The van der Waals surface area contributed by atoms with Crippen molar-refractivity contribution in [2.75, 3.05) is 39.5 Å². The molecule has 8 heteroatoms. The van der Waals surface area contributed by atoms with E-state index in [1.165, 1.54) is 0 Å². The highest BCUT2D eigenvalue weighted by molar-refractivity contribution is 5.86. The number of hydrogen-bond donors (Lipinski definition) is 0. The van der Waals surface area contributed by atoms with Crippen molar-refractivity contribution in [2.45, 2.75) is 38.1 Å². The smallest absolute Gasteiger partial charge is 0.243 e. The van der Waals surface area contributed by atoms with Crippen molar-refractivity contribution in [3.63, 3.8) is 0 Å². The first-order valence-corrected chi connectivity index (χ1v) is 9.70. The second-order valence-electron chi connectivity index (χ2n) is 7.64. The Bertz CT molecular complexity index is 725. The SMILES string of the molecule is Cc1ccc(OC2CO[C@H]3CN(C(=O)C4(C#N)CCOCC4)C[C@@H]3OC2)cn1. The second kappa shape index (κ2) is 8.03. The normalized spacial score (nSPS) is 27.5. The number of amides is 1. The lowest BCUT2D eigenvalue weighted by molar-refractivity contribution is -0.143. The summed E-state index contributed by atoms with van der Waals surface area (Å²) >= 11 is 0. The molecule has 3 aliphatic heterocycles. The maximum atomic E-state index is 13.0. The number of nitrogens with zero attached hydrogens (tertiary/aromatic N) is 3. The fourth-order valence-corrected chi connectivity index (χ4v) is 3.92. The highest BCUT2D eigenvalue weighted by Gasteiger charge is 2.48. The van der Waals surface area contributed by atoms with E-state index < -0.39 is 5.41 Å². The standard InChI is InChI=1S/C20H25N3O5/c1-14-2-3-15(8-22-14)28-16-11-26-17-9-23(10-18(17)27-12-16)19(24)20(13-21)4-6-25-7-5-20/h2-3,8,16-18H,4-7,9-12H2,1H3/t17-,18-/m0/s1. The fourth-order valence-electron chi connectivity index (χ4n) is 3.92. The molecule has 0 saturated carbocycles. The van der Waals surface area contributed by atoms with Gasteiger partial charge in [0.1, 0.15) is 29.5 Å². The first kappa shape index (κ1) is 19.1. The lowest BCUT2D eigenvalue weighted by atomic mass is 9.80. The maximum Gasteiger partial charge on any atom is 0.243 e. The number of hydrogen-bond acceptors (Lipinski definition) is 7. The third kappa shape index (κ3) is 3.83. The molecular formula is C20H25N3O5. The van der Waals surface area contributed by atoms with Crippen LogP contribution in [0.2, 0.25) is 0 Å². The minimum atomic E-state index is -0.980. The quantitative estimate of drug-likeness (QED) is 0.766. The van der Waals surface area contributed by atoms with E-state index in [1.807, 2.05) is 19.1 Å². The summed E-state index contributed by atoms with van der Waals surface area (Å²) in [5, 5.41) is 9.63. The highest BCUT2D eigenvalue weighted by atomic mass is 16.6. The summed E-state index contributed by atoms with van der Waals surface area (Å²) in [6, 6.07) is 6.02. The Balaban J connectivity index is 1.34. The zero-order valence-corrected chi connectivity index (χ0v) is 16.0. The van der Waals surface area contributed by atoms with Gasteiger partial charge in [-0.15, -0.1) is 0 Å². The molecule has 0 unspecified atom stereocenters. The van der Waals surface area contributed by atoms with E-state index in [0.717, 1.165) is 5.69 Å². The third-order valence-electron chi connectivity index (χ3n) is 5.65. The Hall–Kier alpha value is -2.21. The van der Waals surface area contributed by atoms with E-state index in [1.54, 1.807) is 11.1 Å². The molecule has 3 aliphatic rings. The minimum absolute atomic E-state index is 0.128. The number of carbonyl (C=O) groups is 1. The number of rotatable bonds is 3. The van der Waals surface area contributed by atoms with E-state index in [9.17, 15) is 10.1 Å². The van der Waals surface area contributed by atoms with Crippen LogP contribution in [0.3, 0.4) is 0 Å². The Kier molecular flexibility index (Phi) is 5.49. The van der Waals surface area contributed by atoms with Gasteiger partial charge in [-0.2, -0.15) is 5.26 Å². The molecule has 150 valence electrons. The van der Waals surface area contributed by atoms with Crippen LogP contribution in [-0.4, -0.2) is 73.6 Å². The van der Waals surface area contributed by atoms with E-state index in [0.29, 0.717) is 58.1 Å². The van der Waals surface area contributed by atoms with Gasteiger partial charge in [-0.25, -0.2) is 0 Å². The van der Waals surface area contributed by atoms with E-state index in [4.69, 9.17) is 18.9 Å². The highest BCUT2D eigenvalue weighted by Crippen LogP contribution is 2.34. The minimum Gasteiger partial charge on any atom is -0.484 e. The Morgan fingerprint density at radius 1 is 1.25 bits per heavy atom. The molecular weight excluding hydrogens is 362 g/mol. The first-order chi connectivity index (χ1) is 13.6. The molecule has 2 atom stereocenters. The number of likely N-dealkylation sites (tertiary alicyclic amines) is 1. The van der Waals surface area contributed by atoms with Gasteiger partial charge in [-0.05, 0) is 31.9 Å². The predicted octanol–water partition coefficient (Wildman–Crippen LogP) is 1.08. The van der Waals surface area contributed by atoms with E-state index >= 15 is 0 Å². The Morgan fingerprint density at radius 2 is 1.93 bits per heavy atom.